The summed E-state index contributed by atoms with van der Waals surface area (Å²) in [5.74, 6) is 0.651. The lowest BCUT2D eigenvalue weighted by molar-refractivity contribution is 0.243. The van der Waals surface area contributed by atoms with Gasteiger partial charge < -0.3 is 4.74 Å². The summed E-state index contributed by atoms with van der Waals surface area (Å²) in [4.78, 5) is 0.0855. The average molecular weight is 277 g/mol. The second-order valence-electron chi connectivity index (χ2n) is 5.07. The van der Waals surface area contributed by atoms with Crippen molar-refractivity contribution in [2.24, 2.45) is 5.41 Å². The SMILES string of the molecule is CC(C)(C)CCOc1ccc(S(=O)(=O)Cl)cc1. The molecule has 0 spiro atoms. The van der Waals surface area contributed by atoms with E-state index in [2.05, 4.69) is 20.8 Å². The van der Waals surface area contributed by atoms with Crippen molar-refractivity contribution < 1.29 is 13.2 Å². The zero-order chi connectivity index (χ0) is 13.1. The fourth-order valence-corrected chi connectivity index (χ4v) is 1.94. The molecule has 0 aliphatic rings. The predicted molar refractivity (Wildman–Crippen MR) is 69.0 cm³/mol. The lowest BCUT2D eigenvalue weighted by atomic mass is 9.93. The van der Waals surface area contributed by atoms with E-state index in [0.717, 1.165) is 6.42 Å². The Labute approximate surface area is 107 Å². The van der Waals surface area contributed by atoms with Crippen molar-refractivity contribution in [3.8, 4) is 5.75 Å². The van der Waals surface area contributed by atoms with Crippen LogP contribution in [-0.2, 0) is 9.05 Å². The fraction of sp³-hybridized carbons (Fsp3) is 0.500. The normalized spacial score (nSPS) is 12.5. The van der Waals surface area contributed by atoms with Gasteiger partial charge in [-0.1, -0.05) is 20.8 Å². The monoisotopic (exact) mass is 276 g/mol. The van der Waals surface area contributed by atoms with Crippen LogP contribution in [0, 0.1) is 5.41 Å². The van der Waals surface area contributed by atoms with Crippen LogP contribution in [0.2, 0.25) is 0 Å². The molecule has 0 aromatic heterocycles. The third-order valence-electron chi connectivity index (χ3n) is 2.23. The molecular weight excluding hydrogens is 260 g/mol. The Kier molecular flexibility index (Phi) is 4.44. The van der Waals surface area contributed by atoms with Gasteiger partial charge in [0.25, 0.3) is 9.05 Å². The van der Waals surface area contributed by atoms with Crippen LogP contribution in [0.1, 0.15) is 27.2 Å². The summed E-state index contributed by atoms with van der Waals surface area (Å²) in [6.45, 7) is 7.02. The molecule has 0 N–H and O–H groups in total. The van der Waals surface area contributed by atoms with Gasteiger partial charge in [0.1, 0.15) is 5.75 Å². The summed E-state index contributed by atoms with van der Waals surface area (Å²) in [6, 6.07) is 6.10. The molecule has 0 unspecified atom stereocenters. The Balaban J connectivity index is 2.58. The molecule has 5 heteroatoms. The van der Waals surface area contributed by atoms with Crippen LogP contribution in [0.25, 0.3) is 0 Å². The molecule has 0 bridgehead atoms. The summed E-state index contributed by atoms with van der Waals surface area (Å²) < 4.78 is 27.5. The van der Waals surface area contributed by atoms with E-state index in [1.54, 1.807) is 12.1 Å². The minimum absolute atomic E-state index is 0.0855. The summed E-state index contributed by atoms with van der Waals surface area (Å²) >= 11 is 0. The molecule has 0 aliphatic carbocycles. The molecule has 0 atom stereocenters. The maximum absolute atomic E-state index is 11.0. The summed E-state index contributed by atoms with van der Waals surface area (Å²) in [5.41, 5.74) is 0.222. The van der Waals surface area contributed by atoms with E-state index in [0.29, 0.717) is 12.4 Å². The van der Waals surface area contributed by atoms with E-state index < -0.39 is 9.05 Å². The van der Waals surface area contributed by atoms with Gasteiger partial charge >= 0.3 is 0 Å². The molecule has 0 saturated carbocycles. The lowest BCUT2D eigenvalue weighted by Gasteiger charge is -2.18. The Morgan fingerprint density at radius 1 is 1.18 bits per heavy atom. The van der Waals surface area contributed by atoms with E-state index in [9.17, 15) is 8.42 Å². The zero-order valence-electron chi connectivity index (χ0n) is 10.2. The summed E-state index contributed by atoms with van der Waals surface area (Å²) in [7, 11) is 1.56. The third kappa shape index (κ3) is 5.41. The van der Waals surface area contributed by atoms with E-state index in [-0.39, 0.29) is 10.3 Å². The number of ether oxygens (including phenoxy) is 1. The van der Waals surface area contributed by atoms with E-state index in [1.807, 2.05) is 0 Å². The number of hydrogen-bond acceptors (Lipinski definition) is 3. The van der Waals surface area contributed by atoms with Gasteiger partial charge in [0, 0.05) is 10.7 Å². The molecule has 1 aromatic carbocycles. The highest BCUT2D eigenvalue weighted by Crippen LogP contribution is 2.21. The van der Waals surface area contributed by atoms with Crippen LogP contribution >= 0.6 is 10.7 Å². The standard InChI is InChI=1S/C12H17ClO3S/c1-12(2,3)8-9-16-10-4-6-11(7-5-10)17(13,14)15/h4-7H,8-9H2,1-3H3. The molecule has 1 rings (SSSR count). The van der Waals surface area contributed by atoms with E-state index in [4.69, 9.17) is 15.4 Å². The van der Waals surface area contributed by atoms with Gasteiger partial charge in [-0.3, -0.25) is 0 Å². The highest BCUT2D eigenvalue weighted by Gasteiger charge is 2.11. The second-order valence-corrected chi connectivity index (χ2v) is 7.63. The smallest absolute Gasteiger partial charge is 0.261 e. The van der Waals surface area contributed by atoms with Crippen molar-refractivity contribution in [1.29, 1.82) is 0 Å². The van der Waals surface area contributed by atoms with Gasteiger partial charge in [-0.05, 0) is 36.1 Å². The molecule has 96 valence electrons. The quantitative estimate of drug-likeness (QED) is 0.792. The van der Waals surface area contributed by atoms with Crippen molar-refractivity contribution in [2.75, 3.05) is 6.61 Å². The van der Waals surface area contributed by atoms with Crippen molar-refractivity contribution in [3.05, 3.63) is 24.3 Å². The van der Waals surface area contributed by atoms with Crippen molar-refractivity contribution in [1.82, 2.24) is 0 Å². The molecule has 17 heavy (non-hydrogen) atoms. The van der Waals surface area contributed by atoms with Gasteiger partial charge in [-0.2, -0.15) is 0 Å². The molecule has 0 amide bonds. The van der Waals surface area contributed by atoms with Crippen LogP contribution in [0.3, 0.4) is 0 Å². The lowest BCUT2D eigenvalue weighted by Crippen LogP contribution is -2.11. The Bertz CT molecular complexity index is 458. The minimum Gasteiger partial charge on any atom is -0.494 e. The number of rotatable bonds is 4. The molecule has 0 aliphatic heterocycles. The Morgan fingerprint density at radius 3 is 2.12 bits per heavy atom. The van der Waals surface area contributed by atoms with Crippen LogP contribution in [0.4, 0.5) is 0 Å². The Morgan fingerprint density at radius 2 is 1.71 bits per heavy atom. The molecule has 0 saturated heterocycles. The largest absolute Gasteiger partial charge is 0.494 e. The molecule has 3 nitrogen and oxygen atoms in total. The van der Waals surface area contributed by atoms with Gasteiger partial charge in [-0.25, -0.2) is 8.42 Å². The van der Waals surface area contributed by atoms with Gasteiger partial charge in [0.05, 0.1) is 11.5 Å². The molecular formula is C12H17ClO3S. The maximum atomic E-state index is 11.0. The van der Waals surface area contributed by atoms with Crippen LogP contribution in [-0.4, -0.2) is 15.0 Å². The third-order valence-corrected chi connectivity index (χ3v) is 3.60. The van der Waals surface area contributed by atoms with Crippen LogP contribution in [0.15, 0.2) is 29.2 Å². The van der Waals surface area contributed by atoms with Crippen molar-refractivity contribution in [2.45, 2.75) is 32.1 Å². The molecule has 0 fully saturated rings. The first-order chi connectivity index (χ1) is 7.68. The average Bonchev–Trinajstić information content (AvgIpc) is 2.15. The van der Waals surface area contributed by atoms with Crippen molar-refractivity contribution >= 4 is 19.7 Å². The first-order valence-corrected chi connectivity index (χ1v) is 7.67. The summed E-state index contributed by atoms with van der Waals surface area (Å²) in [6.07, 6.45) is 0.933. The molecule has 0 heterocycles. The van der Waals surface area contributed by atoms with Gasteiger partial charge in [0.2, 0.25) is 0 Å². The van der Waals surface area contributed by atoms with Crippen LogP contribution in [0.5, 0.6) is 5.75 Å². The second kappa shape index (κ2) is 5.27. The fourth-order valence-electron chi connectivity index (χ4n) is 1.17. The first-order valence-electron chi connectivity index (χ1n) is 5.36. The highest BCUT2D eigenvalue weighted by atomic mass is 35.7. The number of halogens is 1. The molecule has 1 aromatic rings. The van der Waals surface area contributed by atoms with Crippen molar-refractivity contribution in [3.63, 3.8) is 0 Å². The minimum atomic E-state index is -3.65. The maximum Gasteiger partial charge on any atom is 0.261 e. The number of hydrogen-bond donors (Lipinski definition) is 0. The van der Waals surface area contributed by atoms with E-state index in [1.165, 1.54) is 12.1 Å². The topological polar surface area (TPSA) is 43.4 Å². The van der Waals surface area contributed by atoms with E-state index >= 15 is 0 Å². The zero-order valence-corrected chi connectivity index (χ0v) is 11.8. The predicted octanol–water partition coefficient (Wildman–Crippen LogP) is 3.43. The van der Waals surface area contributed by atoms with Crippen LogP contribution < -0.4 is 4.74 Å². The first kappa shape index (κ1) is 14.3. The van der Waals surface area contributed by atoms with Gasteiger partial charge in [0.15, 0.2) is 0 Å². The highest BCUT2D eigenvalue weighted by molar-refractivity contribution is 8.13. The molecule has 0 radical (unpaired) electrons. The van der Waals surface area contributed by atoms with Gasteiger partial charge in [-0.15, -0.1) is 0 Å². The number of benzene rings is 1. The summed E-state index contributed by atoms with van der Waals surface area (Å²) in [5, 5.41) is 0. The Hall–Kier alpha value is -0.740.